The van der Waals surface area contributed by atoms with E-state index >= 15 is 0 Å². The molecule has 2 heterocycles. The molecule has 1 fully saturated rings. The van der Waals surface area contributed by atoms with Crippen LogP contribution in [0.15, 0.2) is 10.8 Å². The predicted molar refractivity (Wildman–Crippen MR) is 80.8 cm³/mol. The Kier molecular flexibility index (Phi) is 5.40. The van der Waals surface area contributed by atoms with Crippen molar-refractivity contribution < 1.29 is 4.79 Å². The van der Waals surface area contributed by atoms with Crippen molar-refractivity contribution in [3.8, 4) is 0 Å². The molecular weight excluding hydrogens is 256 g/mol. The van der Waals surface area contributed by atoms with Gasteiger partial charge in [0, 0.05) is 18.5 Å². The van der Waals surface area contributed by atoms with Crippen LogP contribution in [0.1, 0.15) is 42.1 Å². The molecule has 1 amide bonds. The lowest BCUT2D eigenvalue weighted by Crippen LogP contribution is -2.41. The zero-order chi connectivity index (χ0) is 13.7. The second kappa shape index (κ2) is 7.06. The number of nitrogens with zero attached hydrogens (tertiary/aromatic N) is 1. The largest absolute Gasteiger partial charge is 0.338 e. The third-order valence-electron chi connectivity index (χ3n) is 3.74. The van der Waals surface area contributed by atoms with Crippen LogP contribution in [0.5, 0.6) is 0 Å². The van der Waals surface area contributed by atoms with Gasteiger partial charge < -0.3 is 10.2 Å². The number of aryl methyl sites for hydroxylation is 1. The Balaban J connectivity index is 2.02. The summed E-state index contributed by atoms with van der Waals surface area (Å²) in [5, 5.41) is 7.47. The van der Waals surface area contributed by atoms with E-state index in [1.165, 1.54) is 12.8 Å². The van der Waals surface area contributed by atoms with Gasteiger partial charge in [-0.3, -0.25) is 4.79 Å². The highest BCUT2D eigenvalue weighted by Gasteiger charge is 2.22. The quantitative estimate of drug-likeness (QED) is 0.899. The third-order valence-corrected chi connectivity index (χ3v) is 4.61. The maximum absolute atomic E-state index is 12.6. The van der Waals surface area contributed by atoms with Gasteiger partial charge in [-0.05, 0) is 56.1 Å². The van der Waals surface area contributed by atoms with Crippen molar-refractivity contribution in [2.24, 2.45) is 5.92 Å². The monoisotopic (exact) mass is 280 g/mol. The lowest BCUT2D eigenvalue weighted by Gasteiger charge is -2.30. The van der Waals surface area contributed by atoms with E-state index in [-0.39, 0.29) is 5.91 Å². The van der Waals surface area contributed by atoms with Crippen LogP contribution in [-0.2, 0) is 0 Å². The van der Waals surface area contributed by atoms with Gasteiger partial charge in [-0.25, -0.2) is 0 Å². The zero-order valence-electron chi connectivity index (χ0n) is 11.9. The van der Waals surface area contributed by atoms with Crippen molar-refractivity contribution in [2.75, 3.05) is 26.2 Å². The van der Waals surface area contributed by atoms with E-state index in [2.05, 4.69) is 17.6 Å². The Morgan fingerprint density at radius 1 is 1.53 bits per heavy atom. The minimum absolute atomic E-state index is 0.214. The number of carbonyl (C=O) groups is 1. The maximum atomic E-state index is 12.6. The van der Waals surface area contributed by atoms with E-state index in [9.17, 15) is 4.79 Å². The highest BCUT2D eigenvalue weighted by Crippen LogP contribution is 2.19. The molecule has 3 nitrogen and oxygen atoms in total. The van der Waals surface area contributed by atoms with Crippen molar-refractivity contribution in [1.29, 1.82) is 0 Å². The second-order valence-corrected chi connectivity index (χ2v) is 6.18. The number of nitrogens with one attached hydrogen (secondary N) is 1. The molecule has 106 valence electrons. The molecule has 0 spiro atoms. The molecule has 1 aromatic heterocycles. The van der Waals surface area contributed by atoms with Crippen molar-refractivity contribution in [2.45, 2.75) is 33.1 Å². The average Bonchev–Trinajstić information content (AvgIpc) is 2.85. The molecule has 0 aliphatic carbocycles. The number of carbonyl (C=O) groups excluding carboxylic acids is 1. The van der Waals surface area contributed by atoms with E-state index < -0.39 is 0 Å². The summed E-state index contributed by atoms with van der Waals surface area (Å²) in [6.45, 7) is 8.10. The van der Waals surface area contributed by atoms with E-state index in [4.69, 9.17) is 0 Å². The molecule has 1 N–H and O–H groups in total. The smallest absolute Gasteiger partial charge is 0.254 e. The van der Waals surface area contributed by atoms with Crippen LogP contribution >= 0.6 is 11.3 Å². The molecule has 0 radical (unpaired) electrons. The summed E-state index contributed by atoms with van der Waals surface area (Å²) < 4.78 is 0. The molecule has 1 atom stereocenters. The van der Waals surface area contributed by atoms with Gasteiger partial charge in [0.05, 0.1) is 5.56 Å². The number of rotatable bonds is 5. The van der Waals surface area contributed by atoms with E-state index in [0.717, 1.165) is 43.7 Å². The van der Waals surface area contributed by atoms with Crippen LogP contribution in [0.4, 0.5) is 0 Å². The molecule has 0 aromatic carbocycles. The maximum Gasteiger partial charge on any atom is 0.254 e. The van der Waals surface area contributed by atoms with E-state index in [1.807, 2.05) is 17.2 Å². The summed E-state index contributed by atoms with van der Waals surface area (Å²) in [5.74, 6) is 0.828. The van der Waals surface area contributed by atoms with E-state index in [1.54, 1.807) is 11.3 Å². The number of hydrogen-bond donors (Lipinski definition) is 1. The molecule has 0 saturated carbocycles. The highest BCUT2D eigenvalue weighted by atomic mass is 32.1. The van der Waals surface area contributed by atoms with Crippen molar-refractivity contribution in [3.05, 3.63) is 21.9 Å². The second-order valence-electron chi connectivity index (χ2n) is 5.43. The Bertz CT molecular complexity index is 410. The first-order valence-corrected chi connectivity index (χ1v) is 8.19. The Morgan fingerprint density at radius 3 is 2.95 bits per heavy atom. The predicted octanol–water partition coefficient (Wildman–Crippen LogP) is 2.91. The molecule has 1 unspecified atom stereocenters. The lowest BCUT2D eigenvalue weighted by molar-refractivity contribution is 0.0718. The summed E-state index contributed by atoms with van der Waals surface area (Å²) in [6, 6.07) is 0. The van der Waals surface area contributed by atoms with Gasteiger partial charge in [0.2, 0.25) is 0 Å². The van der Waals surface area contributed by atoms with Gasteiger partial charge in [0.15, 0.2) is 0 Å². The average molecular weight is 280 g/mol. The first-order valence-electron chi connectivity index (χ1n) is 7.25. The molecule has 19 heavy (non-hydrogen) atoms. The minimum Gasteiger partial charge on any atom is -0.338 e. The van der Waals surface area contributed by atoms with Gasteiger partial charge in [0.25, 0.3) is 5.91 Å². The van der Waals surface area contributed by atoms with Gasteiger partial charge in [-0.1, -0.05) is 6.92 Å². The fourth-order valence-corrected chi connectivity index (χ4v) is 3.51. The molecular formula is C15H24N2OS. The summed E-state index contributed by atoms with van der Waals surface area (Å²) in [5.41, 5.74) is 2.00. The molecule has 1 aliphatic rings. The van der Waals surface area contributed by atoms with Gasteiger partial charge in [-0.15, -0.1) is 0 Å². The zero-order valence-corrected chi connectivity index (χ0v) is 12.8. The number of hydrogen-bond acceptors (Lipinski definition) is 3. The molecule has 1 saturated heterocycles. The first kappa shape index (κ1) is 14.5. The fourth-order valence-electron chi connectivity index (χ4n) is 2.69. The summed E-state index contributed by atoms with van der Waals surface area (Å²) >= 11 is 1.62. The highest BCUT2D eigenvalue weighted by molar-refractivity contribution is 7.08. The summed E-state index contributed by atoms with van der Waals surface area (Å²) in [6.07, 6.45) is 3.49. The number of amides is 1. The Labute approximate surface area is 120 Å². The fraction of sp³-hybridized carbons (Fsp3) is 0.667. The van der Waals surface area contributed by atoms with Crippen LogP contribution in [0.3, 0.4) is 0 Å². The molecule has 4 heteroatoms. The minimum atomic E-state index is 0.214. The van der Waals surface area contributed by atoms with Crippen LogP contribution < -0.4 is 5.32 Å². The summed E-state index contributed by atoms with van der Waals surface area (Å²) in [7, 11) is 0. The van der Waals surface area contributed by atoms with Gasteiger partial charge in [-0.2, -0.15) is 11.3 Å². The van der Waals surface area contributed by atoms with Crippen LogP contribution in [0.25, 0.3) is 0 Å². The SMILES string of the molecule is CCCN(CC1CCCNC1)C(=O)c1cscc1C. The molecule has 0 bridgehead atoms. The number of thiophene rings is 1. The van der Waals surface area contributed by atoms with Crippen LogP contribution in [-0.4, -0.2) is 37.0 Å². The standard InChI is InChI=1S/C15H24N2OS/c1-3-7-17(9-13-5-4-6-16-8-13)15(18)14-11-19-10-12(14)2/h10-11,13,16H,3-9H2,1-2H3. The normalized spacial score (nSPS) is 19.4. The van der Waals surface area contributed by atoms with E-state index in [0.29, 0.717) is 5.92 Å². The first-order chi connectivity index (χ1) is 9.22. The summed E-state index contributed by atoms with van der Waals surface area (Å²) in [4.78, 5) is 14.7. The van der Waals surface area contributed by atoms with Crippen molar-refractivity contribution >= 4 is 17.2 Å². The Hall–Kier alpha value is -0.870. The molecule has 1 aromatic rings. The van der Waals surface area contributed by atoms with Crippen LogP contribution in [0.2, 0.25) is 0 Å². The van der Waals surface area contributed by atoms with Gasteiger partial charge in [0.1, 0.15) is 0 Å². The molecule has 1 aliphatic heterocycles. The Morgan fingerprint density at radius 2 is 2.37 bits per heavy atom. The van der Waals surface area contributed by atoms with Crippen molar-refractivity contribution in [3.63, 3.8) is 0 Å². The van der Waals surface area contributed by atoms with Gasteiger partial charge >= 0.3 is 0 Å². The molecule has 2 rings (SSSR count). The van der Waals surface area contributed by atoms with Crippen molar-refractivity contribution in [1.82, 2.24) is 10.2 Å². The third kappa shape index (κ3) is 3.80. The number of piperidine rings is 1. The van der Waals surface area contributed by atoms with Crippen LogP contribution in [0, 0.1) is 12.8 Å². The topological polar surface area (TPSA) is 32.3 Å². The lowest BCUT2D eigenvalue weighted by atomic mass is 9.98.